The Bertz CT molecular complexity index is 147. The Morgan fingerprint density at radius 2 is 1.75 bits per heavy atom. The smallest absolute Gasteiger partial charge is 0.129 e. The number of hydrogen-bond donors (Lipinski definition) is 0. The molecule has 0 N–H and O–H groups in total. The molecule has 0 aromatic carbocycles. The van der Waals surface area contributed by atoms with Crippen LogP contribution in [0.5, 0.6) is 0 Å². The summed E-state index contributed by atoms with van der Waals surface area (Å²) in [5.74, 6) is 0.310. The lowest BCUT2D eigenvalue weighted by Crippen LogP contribution is -1.89. The summed E-state index contributed by atoms with van der Waals surface area (Å²) in [6.45, 7) is 7.73. The Morgan fingerprint density at radius 3 is 2.25 bits per heavy atom. The fourth-order valence-electron chi connectivity index (χ4n) is 1.10. The van der Waals surface area contributed by atoms with Crippen LogP contribution in [0.1, 0.15) is 52.4 Å². The summed E-state index contributed by atoms with van der Waals surface area (Å²) in [5.41, 5.74) is 1.33. The van der Waals surface area contributed by atoms with E-state index >= 15 is 0 Å². The van der Waals surface area contributed by atoms with E-state index in [1.54, 1.807) is 6.92 Å². The molecule has 12 heavy (non-hydrogen) atoms. The number of allylic oxidation sites excluding steroid dienone is 1. The molecule has 1 nitrogen and oxygen atoms in total. The van der Waals surface area contributed by atoms with E-state index in [1.807, 2.05) is 0 Å². The molecule has 0 aliphatic rings. The molecule has 0 aromatic rings. The van der Waals surface area contributed by atoms with Crippen molar-refractivity contribution >= 4 is 5.78 Å². The minimum atomic E-state index is 0.310. The van der Waals surface area contributed by atoms with Gasteiger partial charge >= 0.3 is 0 Å². The number of carbonyl (C=O) groups is 1. The molecule has 0 bridgehead atoms. The monoisotopic (exact) mass is 168 g/mol. The molecule has 0 rings (SSSR count). The third-order valence-electron chi connectivity index (χ3n) is 2.06. The minimum absolute atomic E-state index is 0.310. The van der Waals surface area contributed by atoms with E-state index in [1.165, 1.54) is 18.4 Å². The van der Waals surface area contributed by atoms with E-state index in [-0.39, 0.29) is 0 Å². The van der Waals surface area contributed by atoms with Crippen LogP contribution in [0.15, 0.2) is 12.2 Å². The lowest BCUT2D eigenvalue weighted by Gasteiger charge is -2.01. The van der Waals surface area contributed by atoms with Crippen molar-refractivity contribution in [1.29, 1.82) is 0 Å². The second kappa shape index (κ2) is 7.08. The van der Waals surface area contributed by atoms with Crippen LogP contribution in [0.25, 0.3) is 0 Å². The van der Waals surface area contributed by atoms with Gasteiger partial charge in [0, 0.05) is 6.42 Å². The summed E-state index contributed by atoms with van der Waals surface area (Å²) >= 11 is 0. The van der Waals surface area contributed by atoms with Gasteiger partial charge in [0.1, 0.15) is 5.78 Å². The molecular weight excluding hydrogens is 148 g/mol. The summed E-state index contributed by atoms with van der Waals surface area (Å²) in [7, 11) is 0. The zero-order valence-corrected chi connectivity index (χ0v) is 8.36. The first kappa shape index (κ1) is 11.4. The van der Waals surface area contributed by atoms with Crippen molar-refractivity contribution in [1.82, 2.24) is 0 Å². The van der Waals surface area contributed by atoms with Crippen molar-refractivity contribution < 1.29 is 4.79 Å². The SMILES string of the molecule is C=C(CC)CCCCCC(C)=O. The van der Waals surface area contributed by atoms with Gasteiger partial charge in [-0.3, -0.25) is 0 Å². The number of hydrogen-bond acceptors (Lipinski definition) is 1. The van der Waals surface area contributed by atoms with Crippen LogP contribution in [0.4, 0.5) is 0 Å². The highest BCUT2D eigenvalue weighted by atomic mass is 16.1. The van der Waals surface area contributed by atoms with Crippen LogP contribution in [0.3, 0.4) is 0 Å². The Labute approximate surface area is 75.9 Å². The Balaban J connectivity index is 3.11. The predicted octanol–water partition coefficient (Wildman–Crippen LogP) is 3.49. The van der Waals surface area contributed by atoms with Gasteiger partial charge in [-0.15, -0.1) is 0 Å². The third kappa shape index (κ3) is 7.52. The largest absolute Gasteiger partial charge is 0.300 e. The van der Waals surface area contributed by atoms with E-state index in [0.29, 0.717) is 5.78 Å². The number of rotatable bonds is 7. The highest BCUT2D eigenvalue weighted by Gasteiger charge is 1.94. The van der Waals surface area contributed by atoms with Gasteiger partial charge < -0.3 is 4.79 Å². The number of ketones is 1. The van der Waals surface area contributed by atoms with Gasteiger partial charge in [-0.05, 0) is 32.6 Å². The first-order valence-corrected chi connectivity index (χ1v) is 4.83. The van der Waals surface area contributed by atoms with Crippen LogP contribution in [0, 0.1) is 0 Å². The van der Waals surface area contributed by atoms with Crippen LogP contribution in [-0.4, -0.2) is 5.78 Å². The predicted molar refractivity (Wildman–Crippen MR) is 53.2 cm³/mol. The molecule has 0 saturated heterocycles. The molecule has 0 aromatic heterocycles. The summed E-state index contributed by atoms with van der Waals surface area (Å²) in [6.07, 6.45) is 6.38. The fourth-order valence-corrected chi connectivity index (χ4v) is 1.10. The number of unbranched alkanes of at least 4 members (excludes halogenated alkanes) is 2. The maximum Gasteiger partial charge on any atom is 0.129 e. The Morgan fingerprint density at radius 1 is 1.17 bits per heavy atom. The lowest BCUT2D eigenvalue weighted by molar-refractivity contribution is -0.117. The molecule has 70 valence electrons. The molecule has 1 heteroatoms. The van der Waals surface area contributed by atoms with Crippen molar-refractivity contribution in [3.63, 3.8) is 0 Å². The van der Waals surface area contributed by atoms with Crippen LogP contribution in [-0.2, 0) is 4.79 Å². The number of Topliss-reactive ketones (excluding diaryl/α,β-unsaturated/α-hetero) is 1. The van der Waals surface area contributed by atoms with E-state index < -0.39 is 0 Å². The molecule has 0 saturated carbocycles. The molecule has 0 amide bonds. The average Bonchev–Trinajstić information content (AvgIpc) is 2.03. The van der Waals surface area contributed by atoms with Gasteiger partial charge in [-0.2, -0.15) is 0 Å². The topological polar surface area (TPSA) is 17.1 Å². The Kier molecular flexibility index (Phi) is 6.73. The molecular formula is C11H20O. The van der Waals surface area contributed by atoms with E-state index in [9.17, 15) is 4.79 Å². The zero-order chi connectivity index (χ0) is 9.40. The van der Waals surface area contributed by atoms with E-state index in [4.69, 9.17) is 0 Å². The van der Waals surface area contributed by atoms with Crippen molar-refractivity contribution in [2.75, 3.05) is 0 Å². The highest BCUT2D eigenvalue weighted by molar-refractivity contribution is 5.75. The van der Waals surface area contributed by atoms with Gasteiger partial charge in [-0.1, -0.05) is 25.5 Å². The van der Waals surface area contributed by atoms with Gasteiger partial charge in [0.25, 0.3) is 0 Å². The van der Waals surface area contributed by atoms with E-state index in [2.05, 4.69) is 13.5 Å². The van der Waals surface area contributed by atoms with Crippen molar-refractivity contribution in [2.24, 2.45) is 0 Å². The van der Waals surface area contributed by atoms with Crippen LogP contribution < -0.4 is 0 Å². The van der Waals surface area contributed by atoms with Gasteiger partial charge in [-0.25, -0.2) is 0 Å². The maximum absolute atomic E-state index is 10.6. The Hall–Kier alpha value is -0.590. The lowest BCUT2D eigenvalue weighted by atomic mass is 10.1. The second-order valence-corrected chi connectivity index (χ2v) is 3.37. The molecule has 0 spiro atoms. The first-order valence-electron chi connectivity index (χ1n) is 4.83. The quantitative estimate of drug-likeness (QED) is 0.420. The molecule has 0 unspecified atom stereocenters. The second-order valence-electron chi connectivity index (χ2n) is 3.37. The normalized spacial score (nSPS) is 9.83. The third-order valence-corrected chi connectivity index (χ3v) is 2.06. The van der Waals surface area contributed by atoms with Crippen LogP contribution in [0.2, 0.25) is 0 Å². The summed E-state index contributed by atoms with van der Waals surface area (Å²) in [5, 5.41) is 0. The average molecular weight is 168 g/mol. The van der Waals surface area contributed by atoms with Gasteiger partial charge in [0.15, 0.2) is 0 Å². The van der Waals surface area contributed by atoms with Crippen molar-refractivity contribution in [3.8, 4) is 0 Å². The molecule has 0 aliphatic carbocycles. The molecule has 0 aliphatic heterocycles. The van der Waals surface area contributed by atoms with Crippen molar-refractivity contribution in [2.45, 2.75) is 52.4 Å². The maximum atomic E-state index is 10.6. The summed E-state index contributed by atoms with van der Waals surface area (Å²) < 4.78 is 0. The molecule has 0 heterocycles. The van der Waals surface area contributed by atoms with E-state index in [0.717, 1.165) is 25.7 Å². The zero-order valence-electron chi connectivity index (χ0n) is 8.36. The molecule has 0 radical (unpaired) electrons. The summed E-state index contributed by atoms with van der Waals surface area (Å²) in [6, 6.07) is 0. The molecule has 0 fully saturated rings. The van der Waals surface area contributed by atoms with Gasteiger partial charge in [0.2, 0.25) is 0 Å². The highest BCUT2D eigenvalue weighted by Crippen LogP contribution is 2.10. The van der Waals surface area contributed by atoms with Crippen molar-refractivity contribution in [3.05, 3.63) is 12.2 Å². The standard InChI is InChI=1S/C11H20O/c1-4-10(2)8-6-5-7-9-11(3)12/h2,4-9H2,1,3H3. The first-order chi connectivity index (χ1) is 5.66. The molecule has 0 atom stereocenters. The number of carbonyl (C=O) groups excluding carboxylic acids is 1. The fraction of sp³-hybridized carbons (Fsp3) is 0.727. The van der Waals surface area contributed by atoms with Gasteiger partial charge in [0.05, 0.1) is 0 Å². The summed E-state index contributed by atoms with van der Waals surface area (Å²) in [4.78, 5) is 10.6. The van der Waals surface area contributed by atoms with Crippen LogP contribution >= 0.6 is 0 Å². The minimum Gasteiger partial charge on any atom is -0.300 e.